The second-order valence-corrected chi connectivity index (χ2v) is 11.0. The molecule has 1 aliphatic heterocycles. The highest BCUT2D eigenvalue weighted by atomic mass is 35.5. The summed E-state index contributed by atoms with van der Waals surface area (Å²) in [5.41, 5.74) is 4.11. The van der Waals surface area contributed by atoms with Crippen molar-refractivity contribution in [1.29, 1.82) is 0 Å². The third-order valence-corrected chi connectivity index (χ3v) is 7.64. The Labute approximate surface area is 259 Å². The molecule has 2 N–H and O–H groups in total. The number of carbonyl (C=O) groups is 2. The van der Waals surface area contributed by atoms with Gasteiger partial charge in [0.1, 0.15) is 11.5 Å². The molecule has 1 aliphatic rings. The molecule has 3 aromatic carbocycles. The highest BCUT2D eigenvalue weighted by Gasteiger charge is 2.24. The lowest BCUT2D eigenvalue weighted by molar-refractivity contribution is -0.115. The minimum atomic E-state index is -0.405. The number of aryl methyl sites for hydroxylation is 1. The van der Waals surface area contributed by atoms with Crippen LogP contribution < -0.4 is 15.5 Å². The molecule has 1 aromatic heterocycles. The first-order chi connectivity index (χ1) is 20.3. The maximum absolute atomic E-state index is 12.9. The van der Waals surface area contributed by atoms with Crippen molar-refractivity contribution in [2.45, 2.75) is 6.92 Å². The van der Waals surface area contributed by atoms with Crippen LogP contribution in [0, 0.1) is 6.92 Å². The molecule has 1 fully saturated rings. The molecule has 0 saturated carbocycles. The predicted octanol–water partition coefficient (Wildman–Crippen LogP) is 7.05. The molecule has 0 bridgehead atoms. The van der Waals surface area contributed by atoms with Gasteiger partial charge in [-0.15, -0.1) is 0 Å². The van der Waals surface area contributed by atoms with E-state index in [1.807, 2.05) is 66.4 Å². The molecule has 0 atom stereocenters. The average Bonchev–Trinajstić information content (AvgIpc) is 3.46. The number of hydrogen-bond acceptors (Lipinski definition) is 5. The molecule has 0 unspecified atom stereocenters. The van der Waals surface area contributed by atoms with E-state index in [9.17, 15) is 9.59 Å². The third kappa shape index (κ3) is 7.20. The normalized spacial score (nSPS) is 13.3. The van der Waals surface area contributed by atoms with Gasteiger partial charge in [0.15, 0.2) is 5.11 Å². The largest absolute Gasteiger partial charge is 0.457 e. The Hall–Kier alpha value is -4.11. The minimum absolute atomic E-state index is 0.0515. The molecule has 2 heterocycles. The molecular weight excluding hydrogens is 591 g/mol. The van der Waals surface area contributed by atoms with E-state index in [1.54, 1.807) is 30.3 Å². The van der Waals surface area contributed by atoms with Gasteiger partial charge in [0, 0.05) is 54.1 Å². The van der Waals surface area contributed by atoms with Crippen LogP contribution >= 0.6 is 35.4 Å². The Balaban J connectivity index is 1.11. The molecule has 4 aromatic rings. The summed E-state index contributed by atoms with van der Waals surface area (Å²) in [6, 6.07) is 24.1. The van der Waals surface area contributed by atoms with Crippen molar-refractivity contribution in [2.75, 3.05) is 36.4 Å². The van der Waals surface area contributed by atoms with Crippen molar-refractivity contribution in [3.05, 3.63) is 112 Å². The zero-order chi connectivity index (χ0) is 29.6. The van der Waals surface area contributed by atoms with Gasteiger partial charge in [0.05, 0.1) is 10.7 Å². The van der Waals surface area contributed by atoms with Gasteiger partial charge in [0.2, 0.25) is 5.91 Å². The molecule has 5 rings (SSSR count). The second kappa shape index (κ2) is 13.2. The van der Waals surface area contributed by atoms with E-state index in [4.69, 9.17) is 39.8 Å². The molecule has 0 radical (unpaired) electrons. The number of anilines is 2. The van der Waals surface area contributed by atoms with Crippen molar-refractivity contribution in [2.24, 2.45) is 0 Å². The molecule has 214 valence electrons. The minimum Gasteiger partial charge on any atom is -0.457 e. The molecule has 7 nitrogen and oxygen atoms in total. The van der Waals surface area contributed by atoms with Gasteiger partial charge in [-0.1, -0.05) is 41.4 Å². The number of piperazine rings is 1. The summed E-state index contributed by atoms with van der Waals surface area (Å²) in [6.45, 7) is 4.50. The van der Waals surface area contributed by atoms with Crippen molar-refractivity contribution < 1.29 is 14.0 Å². The average molecular weight is 620 g/mol. The molecule has 0 aliphatic carbocycles. The van der Waals surface area contributed by atoms with Crippen molar-refractivity contribution in [3.8, 4) is 11.3 Å². The van der Waals surface area contributed by atoms with E-state index in [2.05, 4.69) is 15.5 Å². The number of furan rings is 1. The van der Waals surface area contributed by atoms with Crippen LogP contribution in [-0.4, -0.2) is 48.0 Å². The smallest absolute Gasteiger partial charge is 0.254 e. The lowest BCUT2D eigenvalue weighted by Gasteiger charge is -2.36. The lowest BCUT2D eigenvalue weighted by atomic mass is 10.1. The van der Waals surface area contributed by atoms with Gasteiger partial charge in [-0.05, 0) is 91.4 Å². The summed E-state index contributed by atoms with van der Waals surface area (Å²) in [6.07, 6.45) is 2.91. The summed E-state index contributed by atoms with van der Waals surface area (Å²) in [7, 11) is 0. The van der Waals surface area contributed by atoms with Crippen LogP contribution in [0.25, 0.3) is 17.4 Å². The van der Waals surface area contributed by atoms with Crippen molar-refractivity contribution in [3.63, 3.8) is 0 Å². The number of benzene rings is 3. The zero-order valence-corrected chi connectivity index (χ0v) is 25.1. The first kappa shape index (κ1) is 29.4. The van der Waals surface area contributed by atoms with Gasteiger partial charge in [-0.2, -0.15) is 0 Å². The van der Waals surface area contributed by atoms with Crippen LogP contribution in [-0.2, 0) is 4.79 Å². The standard InChI is InChI=1S/C32H28Cl2N4O3S/c1-21-4-2-3-5-26(21)31(40)38-18-16-37(17-19-38)28-13-10-24(20-27(28)34)35-32(42)36-30(39)15-12-25-11-14-29(41-25)22-6-8-23(33)9-7-22/h2-15,20H,16-19H2,1H3,(H2,35,36,39,42). The van der Waals surface area contributed by atoms with Gasteiger partial charge >= 0.3 is 0 Å². The number of hydrogen-bond donors (Lipinski definition) is 2. The van der Waals surface area contributed by atoms with Crippen molar-refractivity contribution >= 4 is 69.8 Å². The van der Waals surface area contributed by atoms with E-state index in [0.717, 1.165) is 22.4 Å². The van der Waals surface area contributed by atoms with E-state index in [0.29, 0.717) is 53.4 Å². The SMILES string of the molecule is Cc1ccccc1C(=O)N1CCN(c2ccc(NC(=S)NC(=O)C=Cc3ccc(-c4ccc(Cl)cc4)o3)cc2Cl)CC1. The Kier molecular flexibility index (Phi) is 9.27. The Morgan fingerprint density at radius 2 is 1.67 bits per heavy atom. The fraction of sp³-hybridized carbons (Fsp3) is 0.156. The van der Waals surface area contributed by atoms with Gasteiger partial charge in [0.25, 0.3) is 5.91 Å². The van der Waals surface area contributed by atoms with Gasteiger partial charge in [-0.25, -0.2) is 0 Å². The number of nitrogens with zero attached hydrogens (tertiary/aromatic N) is 2. The Morgan fingerprint density at radius 3 is 2.38 bits per heavy atom. The number of amides is 2. The van der Waals surface area contributed by atoms with E-state index >= 15 is 0 Å². The first-order valence-electron chi connectivity index (χ1n) is 13.3. The summed E-state index contributed by atoms with van der Waals surface area (Å²) >= 11 is 17.9. The Morgan fingerprint density at radius 1 is 0.929 bits per heavy atom. The van der Waals surface area contributed by atoms with Crippen LogP contribution in [0.1, 0.15) is 21.7 Å². The topological polar surface area (TPSA) is 77.8 Å². The first-order valence-corrected chi connectivity index (χ1v) is 14.5. The lowest BCUT2D eigenvalue weighted by Crippen LogP contribution is -2.49. The number of thiocarbonyl (C=S) groups is 1. The third-order valence-electron chi connectivity index (χ3n) is 6.88. The maximum atomic E-state index is 12.9. The second-order valence-electron chi connectivity index (χ2n) is 9.75. The van der Waals surface area contributed by atoms with Crippen LogP contribution in [0.3, 0.4) is 0 Å². The van der Waals surface area contributed by atoms with Crippen molar-refractivity contribution in [1.82, 2.24) is 10.2 Å². The van der Waals surface area contributed by atoms with E-state index in [1.165, 1.54) is 6.08 Å². The fourth-order valence-corrected chi connectivity index (χ4v) is 5.30. The number of halogens is 2. The van der Waals surface area contributed by atoms with Crippen LogP contribution in [0.4, 0.5) is 11.4 Å². The molecule has 0 spiro atoms. The van der Waals surface area contributed by atoms with Crippen LogP contribution in [0.5, 0.6) is 0 Å². The summed E-state index contributed by atoms with van der Waals surface area (Å²) in [4.78, 5) is 29.4. The fourth-order valence-electron chi connectivity index (χ4n) is 4.66. The van der Waals surface area contributed by atoms with Crippen LogP contribution in [0.2, 0.25) is 10.0 Å². The highest BCUT2D eigenvalue weighted by Crippen LogP contribution is 2.30. The van der Waals surface area contributed by atoms with Gasteiger partial charge < -0.3 is 19.5 Å². The molecular formula is C32H28Cl2N4O3S. The van der Waals surface area contributed by atoms with Crippen LogP contribution in [0.15, 0.2) is 89.4 Å². The number of carbonyl (C=O) groups excluding carboxylic acids is 2. The quantitative estimate of drug-likeness (QED) is 0.178. The summed E-state index contributed by atoms with van der Waals surface area (Å²) in [5, 5.41) is 6.94. The Bertz CT molecular complexity index is 1640. The molecule has 10 heteroatoms. The zero-order valence-electron chi connectivity index (χ0n) is 22.8. The highest BCUT2D eigenvalue weighted by molar-refractivity contribution is 7.80. The van der Waals surface area contributed by atoms with E-state index < -0.39 is 5.91 Å². The monoisotopic (exact) mass is 618 g/mol. The van der Waals surface area contributed by atoms with Gasteiger partial charge in [-0.3, -0.25) is 14.9 Å². The summed E-state index contributed by atoms with van der Waals surface area (Å²) in [5.74, 6) is 0.840. The molecule has 1 saturated heterocycles. The summed E-state index contributed by atoms with van der Waals surface area (Å²) < 4.78 is 5.78. The molecule has 42 heavy (non-hydrogen) atoms. The van der Waals surface area contributed by atoms with E-state index in [-0.39, 0.29) is 11.0 Å². The number of nitrogens with one attached hydrogen (secondary N) is 2. The number of rotatable bonds is 6. The molecule has 2 amide bonds. The maximum Gasteiger partial charge on any atom is 0.254 e. The predicted molar refractivity (Wildman–Crippen MR) is 173 cm³/mol.